The zero-order valence-corrected chi connectivity index (χ0v) is 26.1. The fraction of sp³-hybridized carbons (Fsp3) is 0.0870. The standard InChI is InChI=1S/C46H31N/c1-28-26-29-24-25-30(27-38(29)33-13-3-2-12-31(28)33)32-16-10-17-36-34-14-4-6-19-39(34)46(44(32)36)40-20-7-9-23-43(40)47-42-22-8-5-15-35(42)37-18-11-21-41(46)45(37)47/h2-28,31H,1H3. The van der Waals surface area contributed by atoms with E-state index in [9.17, 15) is 0 Å². The van der Waals surface area contributed by atoms with Crippen LogP contribution in [0, 0.1) is 11.8 Å². The van der Waals surface area contributed by atoms with E-state index in [0.717, 1.165) is 0 Å². The van der Waals surface area contributed by atoms with Gasteiger partial charge in [-0.05, 0) is 84.6 Å². The first-order valence-corrected chi connectivity index (χ1v) is 16.8. The lowest BCUT2D eigenvalue weighted by atomic mass is 9.64. The molecule has 0 saturated carbocycles. The Morgan fingerprint density at radius 3 is 2.32 bits per heavy atom. The maximum Gasteiger partial charge on any atom is 0.0760 e. The van der Waals surface area contributed by atoms with E-state index in [1.807, 2.05) is 0 Å². The number of nitrogens with zero attached hydrogens (tertiary/aromatic N) is 1. The molecular weight excluding hydrogens is 567 g/mol. The van der Waals surface area contributed by atoms with Gasteiger partial charge >= 0.3 is 0 Å². The van der Waals surface area contributed by atoms with Gasteiger partial charge in [-0.3, -0.25) is 0 Å². The van der Waals surface area contributed by atoms with Gasteiger partial charge in [0.15, 0.2) is 0 Å². The van der Waals surface area contributed by atoms with Gasteiger partial charge in [-0.1, -0.05) is 146 Å². The number of benzene rings is 6. The summed E-state index contributed by atoms with van der Waals surface area (Å²) >= 11 is 0. The highest BCUT2D eigenvalue weighted by Crippen LogP contribution is 2.62. The molecule has 0 bridgehead atoms. The molecule has 0 radical (unpaired) electrons. The van der Waals surface area contributed by atoms with Gasteiger partial charge < -0.3 is 4.57 Å². The summed E-state index contributed by atoms with van der Waals surface area (Å²) in [5.41, 5.74) is 15.5. The molecule has 11 rings (SSSR count). The van der Waals surface area contributed by atoms with E-state index in [2.05, 4.69) is 169 Å². The Hall–Kier alpha value is -5.66. The van der Waals surface area contributed by atoms with Crippen molar-refractivity contribution >= 4 is 33.5 Å². The Balaban J connectivity index is 1.31. The maximum absolute atomic E-state index is 2.53. The van der Waals surface area contributed by atoms with Crippen LogP contribution in [0.15, 0.2) is 152 Å². The van der Waals surface area contributed by atoms with Crippen LogP contribution in [0.5, 0.6) is 0 Å². The summed E-state index contributed by atoms with van der Waals surface area (Å²) in [7, 11) is 0. The van der Waals surface area contributed by atoms with E-state index in [1.54, 1.807) is 0 Å². The second kappa shape index (κ2) is 8.99. The normalized spacial score (nSPS) is 20.9. The molecule has 1 aliphatic heterocycles. The molecule has 0 saturated heterocycles. The van der Waals surface area contributed by atoms with Crippen LogP contribution >= 0.6 is 0 Å². The predicted molar refractivity (Wildman–Crippen MR) is 195 cm³/mol. The highest BCUT2D eigenvalue weighted by Gasteiger charge is 2.51. The number of hydrogen-bond donors (Lipinski definition) is 0. The van der Waals surface area contributed by atoms with Crippen LogP contribution in [0.25, 0.3) is 61.4 Å². The van der Waals surface area contributed by atoms with Gasteiger partial charge in [0, 0.05) is 16.7 Å². The Bertz CT molecular complexity index is 2710. The summed E-state index contributed by atoms with van der Waals surface area (Å²) in [5.74, 6) is 0.902. The summed E-state index contributed by atoms with van der Waals surface area (Å²) in [6.45, 7) is 2.34. The number of para-hydroxylation sites is 3. The molecule has 3 unspecified atom stereocenters. The molecule has 3 atom stereocenters. The van der Waals surface area contributed by atoms with Crippen LogP contribution in [-0.2, 0) is 5.41 Å². The molecule has 220 valence electrons. The smallest absolute Gasteiger partial charge is 0.0760 e. The monoisotopic (exact) mass is 597 g/mol. The van der Waals surface area contributed by atoms with Crippen LogP contribution < -0.4 is 10.4 Å². The fourth-order valence-corrected chi connectivity index (χ4v) is 9.65. The number of hydrogen-bond acceptors (Lipinski definition) is 0. The van der Waals surface area contributed by atoms with Crippen molar-refractivity contribution in [3.63, 3.8) is 0 Å². The van der Waals surface area contributed by atoms with Crippen LogP contribution in [0.3, 0.4) is 0 Å². The van der Waals surface area contributed by atoms with Crippen LogP contribution in [0.4, 0.5) is 0 Å². The molecule has 4 aliphatic rings. The van der Waals surface area contributed by atoms with Crippen molar-refractivity contribution in [3.8, 4) is 27.9 Å². The molecule has 1 nitrogen and oxygen atoms in total. The zero-order valence-electron chi connectivity index (χ0n) is 26.1. The second-order valence-corrected chi connectivity index (χ2v) is 13.6. The molecule has 47 heavy (non-hydrogen) atoms. The van der Waals surface area contributed by atoms with Gasteiger partial charge in [0.05, 0.1) is 22.1 Å². The Morgan fingerprint density at radius 1 is 0.617 bits per heavy atom. The summed E-state index contributed by atoms with van der Waals surface area (Å²) in [5, 5.41) is 5.32. The van der Waals surface area contributed by atoms with Crippen molar-refractivity contribution in [2.24, 2.45) is 11.8 Å². The van der Waals surface area contributed by atoms with Crippen molar-refractivity contribution < 1.29 is 0 Å². The summed E-state index contributed by atoms with van der Waals surface area (Å²) in [4.78, 5) is 0. The van der Waals surface area contributed by atoms with Crippen molar-refractivity contribution in [1.82, 2.24) is 4.57 Å². The second-order valence-electron chi connectivity index (χ2n) is 13.6. The Morgan fingerprint density at radius 2 is 1.36 bits per heavy atom. The summed E-state index contributed by atoms with van der Waals surface area (Å²) in [6, 6.07) is 48.4. The topological polar surface area (TPSA) is 4.93 Å². The van der Waals surface area contributed by atoms with Crippen LogP contribution in [0.1, 0.15) is 29.2 Å². The Labute approximate surface area is 273 Å². The summed E-state index contributed by atoms with van der Waals surface area (Å²) < 4.78 is 2.53. The lowest BCUT2D eigenvalue weighted by Crippen LogP contribution is -2.36. The van der Waals surface area contributed by atoms with Gasteiger partial charge in [0.2, 0.25) is 0 Å². The van der Waals surface area contributed by atoms with E-state index in [-0.39, 0.29) is 0 Å². The number of rotatable bonds is 1. The average molecular weight is 598 g/mol. The molecule has 0 N–H and O–H groups in total. The van der Waals surface area contributed by atoms with Crippen molar-refractivity contribution in [2.45, 2.75) is 12.3 Å². The quantitative estimate of drug-likeness (QED) is 0.178. The van der Waals surface area contributed by atoms with Gasteiger partial charge in [-0.2, -0.15) is 0 Å². The third-order valence-corrected chi connectivity index (χ3v) is 11.5. The fourth-order valence-electron chi connectivity index (χ4n) is 9.65. The highest BCUT2D eigenvalue weighted by molar-refractivity contribution is 6.13. The van der Waals surface area contributed by atoms with Crippen LogP contribution in [0.2, 0.25) is 0 Å². The van der Waals surface area contributed by atoms with Crippen molar-refractivity contribution in [2.75, 3.05) is 0 Å². The summed E-state index contributed by atoms with van der Waals surface area (Å²) in [6.07, 6.45) is 11.6. The maximum atomic E-state index is 2.53. The average Bonchev–Trinajstić information content (AvgIpc) is 3.63. The molecule has 0 amide bonds. The van der Waals surface area contributed by atoms with Crippen LogP contribution in [-0.4, -0.2) is 4.57 Å². The molecule has 1 spiro atoms. The SMILES string of the molecule is CC1C=c2ccc(-c3cccc4c3C3(c5ccccc5-4)c4ccccc4-n4c5ccccc5c5cccc3c54)cc2=C2C=CC=CC21. The van der Waals surface area contributed by atoms with E-state index >= 15 is 0 Å². The number of allylic oxidation sites excluding steroid dienone is 4. The van der Waals surface area contributed by atoms with Gasteiger partial charge in [-0.15, -0.1) is 0 Å². The molecule has 2 heterocycles. The molecule has 0 fully saturated rings. The minimum atomic E-state index is -0.470. The predicted octanol–water partition coefficient (Wildman–Crippen LogP) is 9.45. The lowest BCUT2D eigenvalue weighted by molar-refractivity contribution is 0.649. The minimum absolute atomic E-state index is 0.421. The number of aromatic nitrogens is 1. The molecular formula is C46H31N. The van der Waals surface area contributed by atoms with Gasteiger partial charge in [0.1, 0.15) is 0 Å². The molecule has 6 aromatic carbocycles. The van der Waals surface area contributed by atoms with E-state index in [4.69, 9.17) is 0 Å². The molecule has 1 heteroatoms. The van der Waals surface area contributed by atoms with Gasteiger partial charge in [-0.25, -0.2) is 0 Å². The number of fused-ring (bicyclic) bond motifs is 14. The van der Waals surface area contributed by atoms with Crippen molar-refractivity contribution in [3.05, 3.63) is 184 Å². The van der Waals surface area contributed by atoms with Gasteiger partial charge in [0.25, 0.3) is 0 Å². The van der Waals surface area contributed by atoms with E-state index in [0.29, 0.717) is 11.8 Å². The zero-order chi connectivity index (χ0) is 30.9. The third-order valence-electron chi connectivity index (χ3n) is 11.5. The first kappa shape index (κ1) is 25.5. The lowest BCUT2D eigenvalue weighted by Gasteiger charge is -2.40. The third kappa shape index (κ3) is 3.05. The largest absolute Gasteiger partial charge is 0.309 e. The first-order valence-electron chi connectivity index (χ1n) is 16.8. The van der Waals surface area contributed by atoms with E-state index in [1.165, 1.54) is 88.0 Å². The van der Waals surface area contributed by atoms with Crippen molar-refractivity contribution in [1.29, 1.82) is 0 Å². The van der Waals surface area contributed by atoms with E-state index < -0.39 is 5.41 Å². The first-order chi connectivity index (χ1) is 23.2. The molecule has 3 aliphatic carbocycles. The molecule has 1 aromatic heterocycles. The highest BCUT2D eigenvalue weighted by atomic mass is 15.0. The Kier molecular flexibility index (Phi) is 4.88. The molecule has 7 aromatic rings. The minimum Gasteiger partial charge on any atom is -0.309 e.